The minimum atomic E-state index is -1.18. The van der Waals surface area contributed by atoms with Gasteiger partial charge in [0.15, 0.2) is 16.6 Å². The number of ketones is 2. The number of nitrogens with zero attached hydrogens (tertiary/aromatic N) is 7. The molecule has 4 saturated carbocycles. The van der Waals surface area contributed by atoms with Crippen molar-refractivity contribution >= 4 is 91.8 Å². The number of aromatic carboxylic acids is 1. The average molecular weight is 1410 g/mol. The molecule has 4 fully saturated rings. The molecular weight excluding hydrogens is 1320 g/mol. The zero-order valence-corrected chi connectivity index (χ0v) is 59.4. The minimum Gasteiger partial charge on any atom is -0.481 e. The number of aliphatic carboxylic acids is 1. The molecule has 7 amide bonds. The van der Waals surface area contributed by atoms with Crippen LogP contribution in [0.15, 0.2) is 97.2 Å². The fraction of sp³-hybridized carbons (Fsp3) is 0.487. The van der Waals surface area contributed by atoms with Gasteiger partial charge in [0.1, 0.15) is 18.2 Å². The van der Waals surface area contributed by atoms with Crippen molar-refractivity contribution in [3.8, 4) is 11.1 Å². The van der Waals surface area contributed by atoms with E-state index < -0.39 is 47.5 Å². The van der Waals surface area contributed by atoms with E-state index in [9.17, 15) is 58.2 Å². The average Bonchev–Trinajstić information content (AvgIpc) is 0.790. The molecule has 4 atom stereocenters. The summed E-state index contributed by atoms with van der Waals surface area (Å²) in [6, 6.07) is 22.2. The molecule has 3 aromatic carbocycles. The van der Waals surface area contributed by atoms with Crippen LogP contribution in [0.3, 0.4) is 0 Å². The monoisotopic (exact) mass is 1410 g/mol. The first kappa shape index (κ1) is 73.5. The number of carbonyl (C=O) groups excluding carboxylic acids is 8. The molecule has 0 spiro atoms. The smallest absolute Gasteiger partial charge is 0.410 e. The normalized spacial score (nSPS) is 20.9. The number of anilines is 2. The van der Waals surface area contributed by atoms with Crippen molar-refractivity contribution in [1.82, 2.24) is 40.2 Å². The van der Waals surface area contributed by atoms with Crippen LogP contribution < -0.4 is 26.6 Å². The van der Waals surface area contributed by atoms with Gasteiger partial charge in [0, 0.05) is 106 Å². The highest BCUT2D eigenvalue weighted by molar-refractivity contribution is 7.22. The number of hydrogen-bond donors (Lipinski definition) is 6. The van der Waals surface area contributed by atoms with Gasteiger partial charge in [0.2, 0.25) is 5.91 Å². The predicted molar refractivity (Wildman–Crippen MR) is 381 cm³/mol. The number of rotatable bonds is 34. The summed E-state index contributed by atoms with van der Waals surface area (Å²) in [7, 11) is 0. The summed E-state index contributed by atoms with van der Waals surface area (Å²) in [5.74, 6) is -4.59. The standard InChI is InChI=1S/C76H91N11O14S/c1-47(2)55(36-52(88)14-7-6-10-30-86-63(90)25-26-64(86)91)68(95)80-58(17-12-29-78-70(77)98)60(89)35-49-19-21-50(22-20-49)39-100-72(99)84(32-28-65(92)93)33-34-101-76-43-73(4)40-74(5,44-76)42-75(41-73,45-76)46-87-48(3)56(37-79-87)53-23-24-62(82-66(53)69(96)97)85-31-27-51-13-11-15-54(57(51)38-85)67(94)83-71-81-59-16-8-9-18-61(59)102-71/h8-9,11,13,15-16,18-26,37,47,55,58H,6-7,10,12,14,17,27-36,38-46H2,1-5H3,(H,80,95)(H,92,93)(H,96,97)(H3,77,78,98)(H,81,83,94)/t55-,58-,73?,74?,75?,76?/m0/s1. The van der Waals surface area contributed by atoms with Crippen LogP contribution in [0.1, 0.15) is 166 Å². The fourth-order valence-electron chi connectivity index (χ4n) is 17.1. The number of hydrogen-bond acceptors (Lipinski definition) is 17. The minimum absolute atomic E-state index is 0.0343. The van der Waals surface area contributed by atoms with Crippen molar-refractivity contribution in [2.75, 3.05) is 49.5 Å². The number of fused-ring (bicyclic) bond motifs is 2. The Morgan fingerprint density at radius 2 is 1.53 bits per heavy atom. The van der Waals surface area contributed by atoms with Crippen LogP contribution in [0.4, 0.5) is 20.5 Å². The van der Waals surface area contributed by atoms with E-state index in [0.29, 0.717) is 90.5 Å². The van der Waals surface area contributed by atoms with E-state index in [0.717, 1.165) is 70.5 Å². The third kappa shape index (κ3) is 17.6. The van der Waals surface area contributed by atoms with Crippen LogP contribution in [0.5, 0.6) is 0 Å². The Morgan fingerprint density at radius 3 is 2.24 bits per heavy atom. The number of pyridine rings is 1. The first-order valence-corrected chi connectivity index (χ1v) is 36.1. The number of benzene rings is 3. The zero-order valence-electron chi connectivity index (χ0n) is 58.6. The molecule has 25 nitrogen and oxygen atoms in total. The lowest BCUT2D eigenvalue weighted by Crippen LogP contribution is -2.64. The van der Waals surface area contributed by atoms with E-state index in [1.165, 1.54) is 28.4 Å². The SMILES string of the molecule is Cc1c(-c2ccc(N3CCc4cccc(C(=O)Nc5nc6ccccc6s5)c4C3)nc2C(=O)O)cnn1CC12CC3(C)CC(C)(C1)CC(OCCN(CCC(=O)O)C(=O)OCc1ccc(CC(=O)[C@H](CCCNC(N)=O)NC(=O)[C@@H](CC(=O)CCCCCN4C(=O)C=CC4=O)C(C)C)cc1)(C3)C2. The Labute approximate surface area is 596 Å². The van der Waals surface area contributed by atoms with Crippen molar-refractivity contribution in [3.05, 3.63) is 136 Å². The van der Waals surface area contributed by atoms with Gasteiger partial charge < -0.3 is 45.9 Å². The molecule has 5 heterocycles. The number of para-hydroxylation sites is 1. The Morgan fingerprint density at radius 1 is 0.794 bits per heavy atom. The van der Waals surface area contributed by atoms with Crippen LogP contribution in [-0.2, 0) is 70.8 Å². The number of nitrogens with one attached hydrogen (secondary N) is 3. The summed E-state index contributed by atoms with van der Waals surface area (Å²) in [4.78, 5) is 143. The summed E-state index contributed by atoms with van der Waals surface area (Å²) < 4.78 is 15.8. The van der Waals surface area contributed by atoms with Gasteiger partial charge in [-0.15, -0.1) is 0 Å². The second kappa shape index (κ2) is 31.3. The maximum atomic E-state index is 14.0. The van der Waals surface area contributed by atoms with Crippen molar-refractivity contribution in [2.45, 2.75) is 169 Å². The molecule has 102 heavy (non-hydrogen) atoms. The highest BCUT2D eigenvalue weighted by Crippen LogP contribution is 2.72. The van der Waals surface area contributed by atoms with Crippen LogP contribution in [-0.4, -0.2) is 150 Å². The molecule has 0 radical (unpaired) electrons. The second-order valence-electron chi connectivity index (χ2n) is 29.6. The van der Waals surface area contributed by atoms with Crippen molar-refractivity contribution in [2.24, 2.45) is 33.8 Å². The van der Waals surface area contributed by atoms with Gasteiger partial charge in [-0.25, -0.2) is 24.4 Å². The van der Waals surface area contributed by atoms with Gasteiger partial charge in [0.05, 0.1) is 41.1 Å². The molecule has 2 unspecified atom stereocenters. The maximum Gasteiger partial charge on any atom is 0.410 e. The molecule has 12 rings (SSSR count). The number of Topliss-reactive ketones (excluding diaryl/α,β-unsaturated/α-hetero) is 2. The number of primary amides is 1. The molecule has 0 saturated heterocycles. The Balaban J connectivity index is 0.691. The molecule has 4 aliphatic carbocycles. The molecule has 7 N–H and O–H groups in total. The Hall–Kier alpha value is -9.69. The van der Waals surface area contributed by atoms with Crippen LogP contribution in [0.25, 0.3) is 21.3 Å². The van der Waals surface area contributed by atoms with Gasteiger partial charge in [-0.3, -0.25) is 48.5 Å². The number of carboxylic acid groups (broad SMARTS) is 2. The Kier molecular flexibility index (Phi) is 22.5. The van der Waals surface area contributed by atoms with E-state index in [1.807, 2.05) is 72.8 Å². The fourth-order valence-corrected chi connectivity index (χ4v) is 18.0. The quantitative estimate of drug-likeness (QED) is 0.0161. The molecular formula is C76H91N11O14S. The number of aromatic nitrogens is 4. The first-order valence-electron chi connectivity index (χ1n) is 35.2. The van der Waals surface area contributed by atoms with Crippen molar-refractivity contribution < 1.29 is 67.6 Å². The van der Waals surface area contributed by atoms with E-state index in [1.54, 1.807) is 42.6 Å². The predicted octanol–water partition coefficient (Wildman–Crippen LogP) is 10.4. The number of thiazole rings is 1. The van der Waals surface area contributed by atoms with Gasteiger partial charge in [-0.2, -0.15) is 5.10 Å². The Bertz CT molecular complexity index is 4170. The van der Waals surface area contributed by atoms with Crippen LogP contribution in [0.2, 0.25) is 0 Å². The first-order chi connectivity index (χ1) is 48.7. The lowest BCUT2D eigenvalue weighted by atomic mass is 9.39. The zero-order chi connectivity index (χ0) is 72.7. The molecule has 3 aromatic heterocycles. The number of amides is 7. The second-order valence-corrected chi connectivity index (χ2v) is 30.7. The van der Waals surface area contributed by atoms with Gasteiger partial charge in [0.25, 0.3) is 17.7 Å². The van der Waals surface area contributed by atoms with Gasteiger partial charge in [-0.1, -0.05) is 94.0 Å². The molecule has 2 aliphatic heterocycles. The van der Waals surface area contributed by atoms with Crippen LogP contribution >= 0.6 is 11.3 Å². The lowest BCUT2D eigenvalue weighted by Gasteiger charge is -2.69. The van der Waals surface area contributed by atoms with Crippen molar-refractivity contribution in [1.29, 1.82) is 0 Å². The maximum absolute atomic E-state index is 14.0. The number of carboxylic acids is 2. The summed E-state index contributed by atoms with van der Waals surface area (Å²) in [6.07, 6.45) is 11.3. The van der Waals surface area contributed by atoms with E-state index in [2.05, 4.69) is 34.8 Å². The molecule has 6 aromatic rings. The van der Waals surface area contributed by atoms with Gasteiger partial charge >= 0.3 is 24.1 Å². The third-order valence-corrected chi connectivity index (χ3v) is 21.8. The summed E-state index contributed by atoms with van der Waals surface area (Å²) in [5.41, 5.74) is 10.6. The van der Waals surface area contributed by atoms with Crippen LogP contribution in [0, 0.1) is 35.0 Å². The number of ether oxygens (including phenoxy) is 2. The number of carbonyl (C=O) groups is 10. The summed E-state index contributed by atoms with van der Waals surface area (Å²) in [6.45, 7) is 12.1. The molecule has 540 valence electrons. The number of imide groups is 1. The van der Waals surface area contributed by atoms with Gasteiger partial charge in [-0.05, 0) is 152 Å². The number of urea groups is 1. The number of nitrogens with two attached hydrogens (primary N) is 1. The molecule has 4 bridgehead atoms. The van der Waals surface area contributed by atoms with E-state index in [-0.39, 0.29) is 129 Å². The highest BCUT2D eigenvalue weighted by atomic mass is 32.1. The molecule has 26 heteroatoms. The number of unbranched alkanes of at least 4 members (excludes halogenated alkanes) is 2. The topological polar surface area (TPSA) is 345 Å². The molecule has 6 aliphatic rings. The summed E-state index contributed by atoms with van der Waals surface area (Å²) in [5, 5.41) is 34.4. The summed E-state index contributed by atoms with van der Waals surface area (Å²) >= 11 is 1.41. The van der Waals surface area contributed by atoms with E-state index >= 15 is 0 Å². The lowest BCUT2D eigenvalue weighted by molar-refractivity contribution is -0.248. The third-order valence-electron chi connectivity index (χ3n) is 20.9. The van der Waals surface area contributed by atoms with E-state index in [4.69, 9.17) is 25.3 Å². The highest BCUT2D eigenvalue weighted by Gasteiger charge is 2.66. The van der Waals surface area contributed by atoms with Crippen molar-refractivity contribution in [3.63, 3.8) is 0 Å². The largest absolute Gasteiger partial charge is 0.481 e.